The molecule has 2 N–H and O–H groups in total. The van der Waals surface area contributed by atoms with Crippen LogP contribution in [0.4, 0.5) is 0 Å². The number of halogens is 1. The highest BCUT2D eigenvalue weighted by atomic mass is 35.5. The van der Waals surface area contributed by atoms with Gasteiger partial charge in [0.05, 0.1) is 0 Å². The van der Waals surface area contributed by atoms with Crippen molar-refractivity contribution < 1.29 is 24.6 Å². The molecular weight excluding hydrogens is 384 g/mol. The zero-order chi connectivity index (χ0) is 20.5. The van der Waals surface area contributed by atoms with Gasteiger partial charge in [-0.2, -0.15) is 0 Å². The fourth-order valence-electron chi connectivity index (χ4n) is 3.70. The summed E-state index contributed by atoms with van der Waals surface area (Å²) in [4.78, 5) is 35.4. The molecule has 2 aliphatic rings. The van der Waals surface area contributed by atoms with Crippen molar-refractivity contribution in [2.24, 2.45) is 0 Å². The zero-order valence-electron chi connectivity index (χ0n) is 15.8. The lowest BCUT2D eigenvalue weighted by Gasteiger charge is -2.38. The highest BCUT2D eigenvalue weighted by molar-refractivity contribution is 6.31. The second kappa shape index (κ2) is 11.0. The molecule has 8 heteroatoms. The summed E-state index contributed by atoms with van der Waals surface area (Å²) in [6, 6.07) is 7.95. The number of nitrogens with zero attached hydrogens (tertiary/aromatic N) is 2. The quantitative estimate of drug-likeness (QED) is 0.727. The van der Waals surface area contributed by atoms with Gasteiger partial charge in [-0.3, -0.25) is 4.79 Å². The number of carboxylic acid groups (broad SMARTS) is 2. The number of hydrogen-bond acceptors (Lipinski definition) is 4. The molecule has 0 bridgehead atoms. The van der Waals surface area contributed by atoms with Gasteiger partial charge in [0.25, 0.3) is 5.91 Å². The van der Waals surface area contributed by atoms with E-state index in [-0.39, 0.29) is 5.91 Å². The minimum Gasteiger partial charge on any atom is -0.473 e. The molecule has 154 valence electrons. The molecular formula is C20H27ClN2O5. The summed E-state index contributed by atoms with van der Waals surface area (Å²) in [7, 11) is 0. The number of carbonyl (C=O) groups is 3. The van der Waals surface area contributed by atoms with E-state index in [0.29, 0.717) is 16.6 Å². The van der Waals surface area contributed by atoms with Gasteiger partial charge < -0.3 is 20.0 Å². The van der Waals surface area contributed by atoms with E-state index in [1.807, 2.05) is 23.1 Å². The number of likely N-dealkylation sites (tertiary alicyclic amines) is 2. The second-order valence-corrected chi connectivity index (χ2v) is 7.53. The van der Waals surface area contributed by atoms with E-state index in [1.54, 1.807) is 6.07 Å². The first-order chi connectivity index (χ1) is 13.4. The minimum atomic E-state index is -1.82. The van der Waals surface area contributed by atoms with Crippen molar-refractivity contribution in [2.45, 2.75) is 44.6 Å². The van der Waals surface area contributed by atoms with E-state index >= 15 is 0 Å². The molecule has 0 radical (unpaired) electrons. The number of piperidine rings is 1. The van der Waals surface area contributed by atoms with Crippen molar-refractivity contribution in [1.29, 1.82) is 0 Å². The smallest absolute Gasteiger partial charge is 0.414 e. The maximum atomic E-state index is 12.5. The molecule has 0 aliphatic carbocycles. The van der Waals surface area contributed by atoms with Gasteiger partial charge >= 0.3 is 11.9 Å². The summed E-state index contributed by atoms with van der Waals surface area (Å²) in [6.45, 7) is 4.22. The predicted octanol–water partition coefficient (Wildman–Crippen LogP) is 2.98. The molecule has 2 heterocycles. The molecule has 0 atom stereocenters. The van der Waals surface area contributed by atoms with Crippen LogP contribution in [0.1, 0.15) is 48.9 Å². The number of hydrogen-bond donors (Lipinski definition) is 2. The molecule has 0 aromatic heterocycles. The summed E-state index contributed by atoms with van der Waals surface area (Å²) in [5, 5.41) is 15.4. The van der Waals surface area contributed by atoms with E-state index in [9.17, 15) is 4.79 Å². The molecule has 2 saturated heterocycles. The van der Waals surface area contributed by atoms with Gasteiger partial charge in [0.1, 0.15) is 0 Å². The number of carbonyl (C=O) groups excluding carboxylic acids is 1. The lowest BCUT2D eigenvalue weighted by atomic mass is 10.0. The summed E-state index contributed by atoms with van der Waals surface area (Å²) in [6.07, 6.45) is 7.63. The van der Waals surface area contributed by atoms with Crippen molar-refractivity contribution in [2.75, 3.05) is 26.2 Å². The standard InChI is InChI=1S/C18H25ClN2O.C2H2O4/c19-16-7-5-6-15(14-16)18(22)21-12-8-17(9-13-21)20-10-3-1-2-4-11-20;3-1(4)2(5)6/h5-7,14,17H,1-4,8-13H2;(H,3,4)(H,5,6). The van der Waals surface area contributed by atoms with Gasteiger partial charge in [-0.05, 0) is 57.0 Å². The molecule has 0 spiro atoms. The molecule has 2 aliphatic heterocycles. The predicted molar refractivity (Wildman–Crippen MR) is 106 cm³/mol. The first-order valence-electron chi connectivity index (χ1n) is 9.63. The Bertz CT molecular complexity index is 669. The minimum absolute atomic E-state index is 0.122. The van der Waals surface area contributed by atoms with Crippen LogP contribution in [-0.4, -0.2) is 70.1 Å². The van der Waals surface area contributed by atoms with E-state index in [1.165, 1.54) is 38.8 Å². The van der Waals surface area contributed by atoms with Crippen molar-refractivity contribution in [3.05, 3.63) is 34.9 Å². The van der Waals surface area contributed by atoms with Crippen LogP contribution in [0.3, 0.4) is 0 Å². The third-order valence-electron chi connectivity index (χ3n) is 5.16. The fraction of sp³-hybridized carbons (Fsp3) is 0.550. The Morgan fingerprint density at radius 1 is 0.893 bits per heavy atom. The van der Waals surface area contributed by atoms with Crippen LogP contribution in [0.25, 0.3) is 0 Å². The van der Waals surface area contributed by atoms with Gasteiger partial charge in [0, 0.05) is 29.7 Å². The van der Waals surface area contributed by atoms with Gasteiger partial charge in [-0.15, -0.1) is 0 Å². The fourth-order valence-corrected chi connectivity index (χ4v) is 3.89. The molecule has 1 aromatic rings. The van der Waals surface area contributed by atoms with Gasteiger partial charge in [-0.1, -0.05) is 30.5 Å². The number of rotatable bonds is 2. The van der Waals surface area contributed by atoms with Gasteiger partial charge in [-0.25, -0.2) is 9.59 Å². The Balaban J connectivity index is 0.000000409. The normalized spacial score (nSPS) is 18.5. The van der Waals surface area contributed by atoms with Crippen LogP contribution in [0, 0.1) is 0 Å². The number of aliphatic carboxylic acids is 2. The molecule has 7 nitrogen and oxygen atoms in total. The average Bonchev–Trinajstić information content (AvgIpc) is 2.97. The first kappa shape index (κ1) is 22.2. The van der Waals surface area contributed by atoms with E-state index < -0.39 is 11.9 Å². The van der Waals surface area contributed by atoms with Crippen molar-refractivity contribution in [1.82, 2.24) is 9.80 Å². The first-order valence-corrected chi connectivity index (χ1v) is 10.0. The van der Waals surface area contributed by atoms with Crippen molar-refractivity contribution in [3.8, 4) is 0 Å². The highest BCUT2D eigenvalue weighted by Crippen LogP contribution is 2.22. The molecule has 28 heavy (non-hydrogen) atoms. The maximum absolute atomic E-state index is 12.5. The van der Waals surface area contributed by atoms with Crippen LogP contribution < -0.4 is 0 Å². The van der Waals surface area contributed by atoms with Crippen LogP contribution in [0.5, 0.6) is 0 Å². The lowest BCUT2D eigenvalue weighted by Crippen LogP contribution is -2.47. The van der Waals surface area contributed by atoms with Crippen molar-refractivity contribution >= 4 is 29.4 Å². The Morgan fingerprint density at radius 2 is 1.46 bits per heavy atom. The van der Waals surface area contributed by atoms with Gasteiger partial charge in [0.2, 0.25) is 0 Å². The molecule has 1 amide bonds. The Hall–Kier alpha value is -2.12. The summed E-state index contributed by atoms with van der Waals surface area (Å²) < 4.78 is 0. The Labute approximate surface area is 169 Å². The van der Waals surface area contributed by atoms with Crippen LogP contribution in [-0.2, 0) is 9.59 Å². The third-order valence-corrected chi connectivity index (χ3v) is 5.40. The topological polar surface area (TPSA) is 98.1 Å². The highest BCUT2D eigenvalue weighted by Gasteiger charge is 2.27. The van der Waals surface area contributed by atoms with Crippen LogP contribution in [0.15, 0.2) is 24.3 Å². The number of benzene rings is 1. The monoisotopic (exact) mass is 410 g/mol. The average molecular weight is 411 g/mol. The Morgan fingerprint density at radius 3 is 1.96 bits per heavy atom. The molecule has 0 unspecified atom stereocenters. The summed E-state index contributed by atoms with van der Waals surface area (Å²) in [5.74, 6) is -3.53. The van der Waals surface area contributed by atoms with E-state index in [4.69, 9.17) is 31.4 Å². The largest absolute Gasteiger partial charge is 0.473 e. The summed E-state index contributed by atoms with van der Waals surface area (Å²) in [5.41, 5.74) is 0.709. The lowest BCUT2D eigenvalue weighted by molar-refractivity contribution is -0.159. The third kappa shape index (κ3) is 6.80. The zero-order valence-corrected chi connectivity index (χ0v) is 16.6. The molecule has 0 saturated carbocycles. The number of amides is 1. The summed E-state index contributed by atoms with van der Waals surface area (Å²) >= 11 is 5.99. The molecule has 2 fully saturated rings. The Kier molecular flexibility index (Phi) is 8.73. The van der Waals surface area contributed by atoms with E-state index in [2.05, 4.69) is 4.90 Å². The van der Waals surface area contributed by atoms with Crippen molar-refractivity contribution in [3.63, 3.8) is 0 Å². The van der Waals surface area contributed by atoms with Crippen LogP contribution >= 0.6 is 11.6 Å². The number of carboxylic acids is 2. The molecule has 1 aromatic carbocycles. The second-order valence-electron chi connectivity index (χ2n) is 7.09. The SMILES string of the molecule is O=C(O)C(=O)O.O=C(c1cccc(Cl)c1)N1CCC(N2CCCCCC2)CC1. The van der Waals surface area contributed by atoms with E-state index in [0.717, 1.165) is 25.9 Å². The van der Waals surface area contributed by atoms with Crippen LogP contribution in [0.2, 0.25) is 5.02 Å². The maximum Gasteiger partial charge on any atom is 0.414 e. The molecule has 3 rings (SSSR count). The van der Waals surface area contributed by atoms with Gasteiger partial charge in [0.15, 0.2) is 0 Å².